The topological polar surface area (TPSA) is 61.3 Å². The van der Waals surface area contributed by atoms with Crippen LogP contribution in [-0.2, 0) is 6.54 Å². The Labute approximate surface area is 138 Å². The largest absolute Gasteiger partial charge is 0.370 e. The maximum atomic E-state index is 4.24. The molecule has 0 fully saturated rings. The second-order valence-electron chi connectivity index (χ2n) is 5.19. The lowest BCUT2D eigenvalue weighted by molar-refractivity contribution is 0.711. The molecule has 0 spiro atoms. The van der Waals surface area contributed by atoms with Crippen LogP contribution < -0.4 is 16.0 Å². The van der Waals surface area contributed by atoms with Crippen LogP contribution >= 0.6 is 0 Å². The summed E-state index contributed by atoms with van der Waals surface area (Å²) in [5.74, 6) is 1.77. The summed E-state index contributed by atoms with van der Waals surface area (Å²) in [7, 11) is 1.79. The first-order valence-electron chi connectivity index (χ1n) is 8.02. The number of guanidine groups is 1. The standard InChI is InChI=1S/C18H25N5/c1-19-18(23-15-16-9-3-2-4-10-16)22-14-8-7-13-21-17-11-5-6-12-20-17/h2-6,9-12H,7-8,13-15H2,1H3,(H,20,21)(H2,19,22,23). The summed E-state index contributed by atoms with van der Waals surface area (Å²) in [6.07, 6.45) is 3.96. The molecule has 1 aromatic carbocycles. The van der Waals surface area contributed by atoms with E-state index in [0.717, 1.165) is 44.3 Å². The van der Waals surface area contributed by atoms with Gasteiger partial charge < -0.3 is 16.0 Å². The minimum atomic E-state index is 0.780. The number of anilines is 1. The minimum absolute atomic E-state index is 0.780. The third-order valence-electron chi connectivity index (χ3n) is 3.39. The molecule has 0 bridgehead atoms. The van der Waals surface area contributed by atoms with Gasteiger partial charge in [-0.1, -0.05) is 36.4 Å². The Hall–Kier alpha value is -2.56. The van der Waals surface area contributed by atoms with Crippen molar-refractivity contribution in [1.29, 1.82) is 0 Å². The number of benzene rings is 1. The first-order valence-corrected chi connectivity index (χ1v) is 8.02. The number of hydrogen-bond acceptors (Lipinski definition) is 3. The molecule has 0 aliphatic rings. The van der Waals surface area contributed by atoms with E-state index in [-0.39, 0.29) is 0 Å². The summed E-state index contributed by atoms with van der Waals surface area (Å²) in [5.41, 5.74) is 1.25. The van der Waals surface area contributed by atoms with Gasteiger partial charge in [-0.25, -0.2) is 4.98 Å². The van der Waals surface area contributed by atoms with Gasteiger partial charge in [-0.05, 0) is 30.5 Å². The number of rotatable bonds is 8. The highest BCUT2D eigenvalue weighted by Crippen LogP contribution is 2.00. The Balaban J connectivity index is 1.55. The van der Waals surface area contributed by atoms with Crippen LogP contribution in [0.15, 0.2) is 59.7 Å². The fourth-order valence-corrected chi connectivity index (χ4v) is 2.14. The lowest BCUT2D eigenvalue weighted by atomic mass is 10.2. The molecule has 2 aromatic rings. The van der Waals surface area contributed by atoms with E-state index in [1.807, 2.05) is 36.4 Å². The average Bonchev–Trinajstić information content (AvgIpc) is 2.62. The van der Waals surface area contributed by atoms with Crippen molar-refractivity contribution in [3.05, 3.63) is 60.3 Å². The fourth-order valence-electron chi connectivity index (χ4n) is 2.14. The molecular formula is C18H25N5. The molecule has 23 heavy (non-hydrogen) atoms. The molecular weight excluding hydrogens is 286 g/mol. The summed E-state index contributed by atoms with van der Waals surface area (Å²) in [5, 5.41) is 9.96. The van der Waals surface area contributed by atoms with Crippen LogP contribution in [0.25, 0.3) is 0 Å². The van der Waals surface area contributed by atoms with Crippen molar-refractivity contribution in [2.45, 2.75) is 19.4 Å². The van der Waals surface area contributed by atoms with Crippen molar-refractivity contribution in [2.75, 3.05) is 25.5 Å². The maximum Gasteiger partial charge on any atom is 0.191 e. The zero-order chi connectivity index (χ0) is 16.2. The SMILES string of the molecule is CN=C(NCCCCNc1ccccn1)NCc1ccccc1. The Morgan fingerprint density at radius 3 is 2.48 bits per heavy atom. The molecule has 0 amide bonds. The van der Waals surface area contributed by atoms with Gasteiger partial charge in [-0.3, -0.25) is 4.99 Å². The number of unbranched alkanes of at least 4 members (excludes halogenated alkanes) is 1. The van der Waals surface area contributed by atoms with Gasteiger partial charge in [-0.15, -0.1) is 0 Å². The first-order chi connectivity index (χ1) is 11.4. The van der Waals surface area contributed by atoms with Crippen molar-refractivity contribution >= 4 is 11.8 Å². The number of aromatic nitrogens is 1. The molecule has 122 valence electrons. The molecule has 0 saturated heterocycles. The van der Waals surface area contributed by atoms with E-state index >= 15 is 0 Å². The summed E-state index contributed by atoms with van der Waals surface area (Å²) < 4.78 is 0. The van der Waals surface area contributed by atoms with E-state index in [0.29, 0.717) is 0 Å². The Kier molecular flexibility index (Phi) is 7.46. The number of pyridine rings is 1. The predicted molar refractivity (Wildman–Crippen MR) is 96.6 cm³/mol. The van der Waals surface area contributed by atoms with E-state index in [1.165, 1.54) is 5.56 Å². The van der Waals surface area contributed by atoms with Crippen molar-refractivity contribution in [2.24, 2.45) is 4.99 Å². The van der Waals surface area contributed by atoms with E-state index in [2.05, 4.69) is 38.1 Å². The number of hydrogen-bond donors (Lipinski definition) is 3. The second kappa shape index (κ2) is 10.2. The van der Waals surface area contributed by atoms with Crippen LogP contribution in [0.3, 0.4) is 0 Å². The monoisotopic (exact) mass is 311 g/mol. The van der Waals surface area contributed by atoms with Crippen molar-refractivity contribution < 1.29 is 0 Å². The molecule has 2 rings (SSSR count). The third kappa shape index (κ3) is 6.82. The molecule has 0 atom stereocenters. The van der Waals surface area contributed by atoms with E-state index in [1.54, 1.807) is 13.2 Å². The Morgan fingerprint density at radius 2 is 1.74 bits per heavy atom. The summed E-state index contributed by atoms with van der Waals surface area (Å²) in [4.78, 5) is 8.47. The van der Waals surface area contributed by atoms with Gasteiger partial charge in [-0.2, -0.15) is 0 Å². The first kappa shape index (κ1) is 16.8. The van der Waals surface area contributed by atoms with Gasteiger partial charge >= 0.3 is 0 Å². The van der Waals surface area contributed by atoms with Crippen LogP contribution in [0.1, 0.15) is 18.4 Å². The highest BCUT2D eigenvalue weighted by molar-refractivity contribution is 5.79. The Morgan fingerprint density at radius 1 is 0.957 bits per heavy atom. The smallest absolute Gasteiger partial charge is 0.191 e. The zero-order valence-corrected chi connectivity index (χ0v) is 13.6. The molecule has 0 unspecified atom stereocenters. The second-order valence-corrected chi connectivity index (χ2v) is 5.19. The van der Waals surface area contributed by atoms with Crippen LogP contribution in [0, 0.1) is 0 Å². The fraction of sp³-hybridized carbons (Fsp3) is 0.333. The zero-order valence-electron chi connectivity index (χ0n) is 13.6. The number of aliphatic imine (C=N–C) groups is 1. The molecule has 0 aliphatic carbocycles. The molecule has 3 N–H and O–H groups in total. The van der Waals surface area contributed by atoms with E-state index in [4.69, 9.17) is 0 Å². The molecule has 0 saturated carbocycles. The maximum absolute atomic E-state index is 4.24. The van der Waals surface area contributed by atoms with Crippen molar-refractivity contribution in [1.82, 2.24) is 15.6 Å². The summed E-state index contributed by atoms with van der Waals surface area (Å²) in [6.45, 7) is 2.61. The number of nitrogens with zero attached hydrogens (tertiary/aromatic N) is 2. The van der Waals surface area contributed by atoms with Gasteiger partial charge in [0.05, 0.1) is 0 Å². The lowest BCUT2D eigenvalue weighted by Gasteiger charge is -2.12. The van der Waals surface area contributed by atoms with Gasteiger partial charge in [0, 0.05) is 32.9 Å². The molecule has 5 heteroatoms. The van der Waals surface area contributed by atoms with Crippen LogP contribution in [0.4, 0.5) is 5.82 Å². The van der Waals surface area contributed by atoms with Crippen molar-refractivity contribution in [3.8, 4) is 0 Å². The average molecular weight is 311 g/mol. The molecule has 0 radical (unpaired) electrons. The lowest BCUT2D eigenvalue weighted by Crippen LogP contribution is -2.37. The van der Waals surface area contributed by atoms with Crippen LogP contribution in [0.2, 0.25) is 0 Å². The van der Waals surface area contributed by atoms with E-state index < -0.39 is 0 Å². The quantitative estimate of drug-likeness (QED) is 0.398. The number of nitrogens with one attached hydrogen (secondary N) is 3. The molecule has 5 nitrogen and oxygen atoms in total. The van der Waals surface area contributed by atoms with E-state index in [9.17, 15) is 0 Å². The summed E-state index contributed by atoms with van der Waals surface area (Å²) >= 11 is 0. The van der Waals surface area contributed by atoms with Gasteiger partial charge in [0.15, 0.2) is 5.96 Å². The third-order valence-corrected chi connectivity index (χ3v) is 3.39. The highest BCUT2D eigenvalue weighted by atomic mass is 15.2. The minimum Gasteiger partial charge on any atom is -0.370 e. The van der Waals surface area contributed by atoms with Gasteiger partial charge in [0.1, 0.15) is 5.82 Å². The normalized spacial score (nSPS) is 11.1. The van der Waals surface area contributed by atoms with Crippen LogP contribution in [-0.4, -0.2) is 31.1 Å². The highest BCUT2D eigenvalue weighted by Gasteiger charge is 1.98. The Bertz CT molecular complexity index is 568. The van der Waals surface area contributed by atoms with Gasteiger partial charge in [0.25, 0.3) is 0 Å². The summed E-state index contributed by atoms with van der Waals surface area (Å²) in [6, 6.07) is 16.2. The predicted octanol–water partition coefficient (Wildman–Crippen LogP) is 2.64. The van der Waals surface area contributed by atoms with Crippen molar-refractivity contribution in [3.63, 3.8) is 0 Å². The van der Waals surface area contributed by atoms with Crippen LogP contribution in [0.5, 0.6) is 0 Å². The molecule has 1 aromatic heterocycles. The molecule has 1 heterocycles. The molecule has 0 aliphatic heterocycles. The van der Waals surface area contributed by atoms with Gasteiger partial charge in [0.2, 0.25) is 0 Å².